The lowest BCUT2D eigenvalue weighted by Gasteiger charge is -2.20. The lowest BCUT2D eigenvalue weighted by molar-refractivity contribution is -0.120. The molecular formula is C20H19FN4O2. The highest BCUT2D eigenvalue weighted by Gasteiger charge is 2.23. The van der Waals surface area contributed by atoms with Crippen LogP contribution in [0.25, 0.3) is 0 Å². The molecule has 1 heterocycles. The van der Waals surface area contributed by atoms with Crippen LogP contribution in [0.15, 0.2) is 67.0 Å². The van der Waals surface area contributed by atoms with E-state index in [0.29, 0.717) is 17.0 Å². The molecule has 1 unspecified atom stereocenters. The van der Waals surface area contributed by atoms with Gasteiger partial charge in [-0.15, -0.1) is 0 Å². The van der Waals surface area contributed by atoms with Gasteiger partial charge in [0.1, 0.15) is 17.7 Å². The van der Waals surface area contributed by atoms with Gasteiger partial charge >= 0.3 is 0 Å². The Kier molecular flexibility index (Phi) is 5.61. The van der Waals surface area contributed by atoms with Crippen molar-refractivity contribution in [2.24, 2.45) is 7.05 Å². The van der Waals surface area contributed by atoms with E-state index in [1.165, 1.54) is 6.07 Å². The van der Waals surface area contributed by atoms with Crippen LogP contribution in [-0.4, -0.2) is 27.9 Å². The summed E-state index contributed by atoms with van der Waals surface area (Å²) in [6.07, 6.45) is 3.29. The van der Waals surface area contributed by atoms with Crippen LogP contribution in [0.4, 0.5) is 4.39 Å². The first kappa shape index (κ1) is 18.3. The van der Waals surface area contributed by atoms with E-state index in [0.717, 1.165) is 0 Å². The number of aromatic nitrogens is 2. The van der Waals surface area contributed by atoms with E-state index < -0.39 is 17.8 Å². The number of carbonyl (C=O) groups is 2. The maximum atomic E-state index is 14.3. The van der Waals surface area contributed by atoms with Gasteiger partial charge in [-0.05, 0) is 18.2 Å². The first-order valence-electron chi connectivity index (χ1n) is 8.40. The van der Waals surface area contributed by atoms with Crippen LogP contribution in [0.1, 0.15) is 27.8 Å². The van der Waals surface area contributed by atoms with Crippen molar-refractivity contribution in [1.82, 2.24) is 20.2 Å². The van der Waals surface area contributed by atoms with Crippen molar-refractivity contribution < 1.29 is 14.0 Å². The number of rotatable bonds is 6. The Hall–Kier alpha value is -3.48. The fourth-order valence-corrected chi connectivity index (χ4v) is 2.71. The highest BCUT2D eigenvalue weighted by Crippen LogP contribution is 2.22. The minimum Gasteiger partial charge on any atom is -0.343 e. The standard InChI is InChI=1S/C20H19FN4O2/c1-25-12-11-22-19(25)18(15-9-5-6-10-16(15)21)24-17(26)13-23-20(27)14-7-3-2-4-8-14/h2-12,18H,13H2,1H3,(H,23,27)(H,24,26). The lowest BCUT2D eigenvalue weighted by Crippen LogP contribution is -2.39. The van der Waals surface area contributed by atoms with Crippen molar-refractivity contribution >= 4 is 11.8 Å². The van der Waals surface area contributed by atoms with Crippen LogP contribution in [0.2, 0.25) is 0 Å². The predicted molar refractivity (Wildman–Crippen MR) is 98.4 cm³/mol. The summed E-state index contributed by atoms with van der Waals surface area (Å²) < 4.78 is 16.0. The molecule has 6 nitrogen and oxygen atoms in total. The fraction of sp³-hybridized carbons (Fsp3) is 0.150. The summed E-state index contributed by atoms with van der Waals surface area (Å²) in [6, 6.07) is 14.0. The van der Waals surface area contributed by atoms with E-state index in [1.807, 2.05) is 0 Å². The molecule has 0 fully saturated rings. The smallest absolute Gasteiger partial charge is 0.251 e. The summed E-state index contributed by atoms with van der Waals surface area (Å²) in [7, 11) is 1.76. The van der Waals surface area contributed by atoms with Gasteiger partial charge in [0.15, 0.2) is 0 Å². The van der Waals surface area contributed by atoms with Gasteiger partial charge in [0, 0.05) is 30.6 Å². The Labute approximate surface area is 156 Å². The average Bonchev–Trinajstić information content (AvgIpc) is 3.11. The van der Waals surface area contributed by atoms with Gasteiger partial charge in [-0.1, -0.05) is 36.4 Å². The second-order valence-corrected chi connectivity index (χ2v) is 5.97. The normalized spacial score (nSPS) is 11.6. The molecule has 1 aromatic heterocycles. The van der Waals surface area contributed by atoms with Gasteiger partial charge in [-0.25, -0.2) is 9.37 Å². The van der Waals surface area contributed by atoms with Crippen LogP contribution in [0.5, 0.6) is 0 Å². The van der Waals surface area contributed by atoms with Gasteiger partial charge in [0.05, 0.1) is 6.54 Å². The number of halogens is 1. The molecule has 0 aliphatic carbocycles. The number of hydrogen-bond acceptors (Lipinski definition) is 3. The first-order valence-corrected chi connectivity index (χ1v) is 8.40. The molecule has 2 amide bonds. The van der Waals surface area contributed by atoms with Crippen molar-refractivity contribution in [3.05, 3.63) is 89.8 Å². The van der Waals surface area contributed by atoms with Crippen molar-refractivity contribution in [3.63, 3.8) is 0 Å². The Bertz CT molecular complexity index is 940. The number of imidazole rings is 1. The van der Waals surface area contributed by atoms with Gasteiger partial charge in [0.25, 0.3) is 5.91 Å². The molecule has 1 atom stereocenters. The zero-order valence-electron chi connectivity index (χ0n) is 14.7. The third kappa shape index (κ3) is 4.38. The van der Waals surface area contributed by atoms with Crippen LogP contribution >= 0.6 is 0 Å². The molecule has 0 bridgehead atoms. The average molecular weight is 366 g/mol. The third-order valence-electron chi connectivity index (χ3n) is 4.08. The molecule has 0 saturated carbocycles. The van der Waals surface area contributed by atoms with Crippen LogP contribution < -0.4 is 10.6 Å². The summed E-state index contributed by atoms with van der Waals surface area (Å²) in [6.45, 7) is -0.233. The fourth-order valence-electron chi connectivity index (χ4n) is 2.71. The Morgan fingerprint density at radius 1 is 1.11 bits per heavy atom. The summed E-state index contributed by atoms with van der Waals surface area (Å²) in [5.74, 6) is -0.761. The predicted octanol–water partition coefficient (Wildman–Crippen LogP) is 2.19. The second kappa shape index (κ2) is 8.27. The van der Waals surface area contributed by atoms with Crippen molar-refractivity contribution in [2.75, 3.05) is 6.54 Å². The van der Waals surface area contributed by atoms with E-state index in [4.69, 9.17) is 0 Å². The maximum Gasteiger partial charge on any atom is 0.251 e. The number of benzene rings is 2. The largest absolute Gasteiger partial charge is 0.343 e. The number of carbonyl (C=O) groups excluding carboxylic acids is 2. The molecule has 7 heteroatoms. The highest BCUT2D eigenvalue weighted by molar-refractivity contribution is 5.96. The van der Waals surface area contributed by atoms with Gasteiger partial charge in [0.2, 0.25) is 5.91 Å². The Morgan fingerprint density at radius 3 is 2.48 bits per heavy atom. The van der Waals surface area contributed by atoms with Crippen LogP contribution in [-0.2, 0) is 11.8 Å². The zero-order valence-corrected chi connectivity index (χ0v) is 14.7. The summed E-state index contributed by atoms with van der Waals surface area (Å²) in [5, 5.41) is 5.31. The minimum atomic E-state index is -0.771. The third-order valence-corrected chi connectivity index (χ3v) is 4.08. The summed E-state index contributed by atoms with van der Waals surface area (Å²) in [5.41, 5.74) is 0.759. The number of hydrogen-bond donors (Lipinski definition) is 2. The number of aryl methyl sites for hydroxylation is 1. The molecule has 3 rings (SSSR count). The molecule has 0 spiro atoms. The SMILES string of the molecule is Cn1ccnc1C(NC(=O)CNC(=O)c1ccccc1)c1ccccc1F. The second-order valence-electron chi connectivity index (χ2n) is 5.97. The van der Waals surface area contributed by atoms with Gasteiger partial charge < -0.3 is 15.2 Å². The molecule has 27 heavy (non-hydrogen) atoms. The number of nitrogens with one attached hydrogen (secondary N) is 2. The van der Waals surface area contributed by atoms with E-state index in [9.17, 15) is 14.0 Å². The Morgan fingerprint density at radius 2 is 1.81 bits per heavy atom. The van der Waals surface area contributed by atoms with Crippen molar-refractivity contribution in [2.45, 2.75) is 6.04 Å². The van der Waals surface area contributed by atoms with Crippen molar-refractivity contribution in [3.8, 4) is 0 Å². The molecule has 2 N–H and O–H groups in total. The van der Waals surface area contributed by atoms with Crippen molar-refractivity contribution in [1.29, 1.82) is 0 Å². The molecule has 0 radical (unpaired) electrons. The molecule has 0 aliphatic rings. The van der Waals surface area contributed by atoms with E-state index in [-0.39, 0.29) is 12.5 Å². The Balaban J connectivity index is 1.73. The van der Waals surface area contributed by atoms with E-state index in [2.05, 4.69) is 15.6 Å². The first-order chi connectivity index (χ1) is 13.1. The van der Waals surface area contributed by atoms with Crippen LogP contribution in [0.3, 0.4) is 0 Å². The minimum absolute atomic E-state index is 0.233. The molecule has 0 aliphatic heterocycles. The summed E-state index contributed by atoms with van der Waals surface area (Å²) >= 11 is 0. The zero-order chi connectivity index (χ0) is 19.2. The molecule has 138 valence electrons. The molecule has 0 saturated heterocycles. The molecular weight excluding hydrogens is 347 g/mol. The van der Waals surface area contributed by atoms with E-state index >= 15 is 0 Å². The summed E-state index contributed by atoms with van der Waals surface area (Å²) in [4.78, 5) is 28.7. The topological polar surface area (TPSA) is 76.0 Å². The van der Waals surface area contributed by atoms with E-state index in [1.54, 1.807) is 72.5 Å². The van der Waals surface area contributed by atoms with Gasteiger partial charge in [-0.3, -0.25) is 9.59 Å². The highest BCUT2D eigenvalue weighted by atomic mass is 19.1. The lowest BCUT2D eigenvalue weighted by atomic mass is 10.1. The monoisotopic (exact) mass is 366 g/mol. The number of nitrogens with zero attached hydrogens (tertiary/aromatic N) is 2. The number of amides is 2. The van der Waals surface area contributed by atoms with Gasteiger partial charge in [-0.2, -0.15) is 0 Å². The van der Waals surface area contributed by atoms with Crippen LogP contribution in [0, 0.1) is 5.82 Å². The molecule has 2 aromatic carbocycles. The molecule has 3 aromatic rings. The maximum absolute atomic E-state index is 14.3. The quantitative estimate of drug-likeness (QED) is 0.702.